The monoisotopic (exact) mass is 477 g/mol. The molecule has 0 fully saturated rings. The van der Waals surface area contributed by atoms with Crippen LogP contribution in [0.15, 0.2) is 83.5 Å². The molecule has 1 heterocycles. The number of nitrogens with zero attached hydrogens (tertiary/aromatic N) is 1. The Morgan fingerprint density at radius 1 is 0.853 bits per heavy atom. The van der Waals surface area contributed by atoms with E-state index in [9.17, 15) is 14.4 Å². The van der Waals surface area contributed by atoms with Gasteiger partial charge in [-0.2, -0.15) is 0 Å². The van der Waals surface area contributed by atoms with Crippen LogP contribution in [0.25, 0.3) is 0 Å². The predicted molar refractivity (Wildman–Crippen MR) is 129 cm³/mol. The first-order chi connectivity index (χ1) is 16.4. The van der Waals surface area contributed by atoms with Crippen molar-refractivity contribution in [1.82, 2.24) is 0 Å². The highest BCUT2D eigenvalue weighted by Crippen LogP contribution is 2.35. The van der Waals surface area contributed by atoms with Crippen molar-refractivity contribution in [2.45, 2.75) is 0 Å². The molecule has 0 unspecified atom stereocenters. The van der Waals surface area contributed by atoms with Crippen LogP contribution >= 0.6 is 11.6 Å². The zero-order valence-corrected chi connectivity index (χ0v) is 19.1. The number of hydrogen-bond acceptors (Lipinski definition) is 6. The van der Waals surface area contributed by atoms with Crippen LogP contribution in [0.1, 0.15) is 10.4 Å². The Morgan fingerprint density at radius 2 is 1.59 bits per heavy atom. The number of methoxy groups -OCH3 is 2. The number of rotatable bonds is 7. The van der Waals surface area contributed by atoms with Gasteiger partial charge in [-0.05, 0) is 54.6 Å². The van der Waals surface area contributed by atoms with Crippen LogP contribution in [0.4, 0.5) is 17.1 Å². The number of carbonyl (C=O) groups excluding carboxylic acids is 3. The van der Waals surface area contributed by atoms with Crippen molar-refractivity contribution in [3.8, 4) is 11.5 Å². The van der Waals surface area contributed by atoms with Crippen molar-refractivity contribution in [3.05, 3.63) is 89.1 Å². The van der Waals surface area contributed by atoms with Gasteiger partial charge >= 0.3 is 0 Å². The first-order valence-electron chi connectivity index (χ1n) is 10.2. The molecule has 9 heteroatoms. The third-order valence-corrected chi connectivity index (χ3v) is 5.45. The SMILES string of the molecule is COc1ccc(NC(=O)c2cccc(NC3=C(Cl)C(=O)N(c4ccccc4OC)C3=O)c2)cc1. The highest BCUT2D eigenvalue weighted by atomic mass is 35.5. The van der Waals surface area contributed by atoms with Gasteiger partial charge in [-0.25, -0.2) is 4.90 Å². The molecule has 34 heavy (non-hydrogen) atoms. The van der Waals surface area contributed by atoms with Gasteiger partial charge in [-0.3, -0.25) is 14.4 Å². The quantitative estimate of drug-likeness (QED) is 0.490. The Kier molecular flexibility index (Phi) is 6.51. The van der Waals surface area contributed by atoms with Gasteiger partial charge in [-0.15, -0.1) is 0 Å². The van der Waals surface area contributed by atoms with E-state index in [1.165, 1.54) is 7.11 Å². The van der Waals surface area contributed by atoms with Gasteiger partial charge in [0.15, 0.2) is 0 Å². The van der Waals surface area contributed by atoms with E-state index in [1.807, 2.05) is 0 Å². The van der Waals surface area contributed by atoms with E-state index >= 15 is 0 Å². The number of amides is 3. The highest BCUT2D eigenvalue weighted by molar-refractivity contribution is 6.53. The fourth-order valence-corrected chi connectivity index (χ4v) is 3.62. The van der Waals surface area contributed by atoms with Gasteiger partial charge < -0.3 is 20.1 Å². The number of para-hydroxylation sites is 2. The average Bonchev–Trinajstić information content (AvgIpc) is 3.07. The minimum absolute atomic E-state index is 0.0923. The van der Waals surface area contributed by atoms with E-state index in [1.54, 1.807) is 79.9 Å². The number of nitrogens with one attached hydrogen (secondary N) is 2. The third kappa shape index (κ3) is 4.44. The van der Waals surface area contributed by atoms with E-state index in [2.05, 4.69) is 10.6 Å². The third-order valence-electron chi connectivity index (χ3n) is 5.10. The number of halogens is 1. The lowest BCUT2D eigenvalue weighted by molar-refractivity contribution is -0.120. The van der Waals surface area contributed by atoms with E-state index in [0.717, 1.165) is 4.90 Å². The van der Waals surface area contributed by atoms with Crippen LogP contribution < -0.4 is 25.0 Å². The minimum Gasteiger partial charge on any atom is -0.497 e. The van der Waals surface area contributed by atoms with E-state index in [0.29, 0.717) is 28.4 Å². The fourth-order valence-electron chi connectivity index (χ4n) is 3.40. The number of benzene rings is 3. The minimum atomic E-state index is -0.674. The molecule has 0 saturated heterocycles. The fraction of sp³-hybridized carbons (Fsp3) is 0.0800. The summed E-state index contributed by atoms with van der Waals surface area (Å²) in [5.41, 5.74) is 1.54. The summed E-state index contributed by atoms with van der Waals surface area (Å²) in [5, 5.41) is 5.41. The Hall–Kier alpha value is -4.30. The number of imide groups is 1. The lowest BCUT2D eigenvalue weighted by atomic mass is 10.1. The molecule has 2 N–H and O–H groups in total. The number of anilines is 3. The molecule has 0 bridgehead atoms. The molecule has 0 aliphatic carbocycles. The summed E-state index contributed by atoms with van der Waals surface area (Å²) in [6.07, 6.45) is 0. The van der Waals surface area contributed by atoms with Crippen molar-refractivity contribution in [2.75, 3.05) is 29.8 Å². The van der Waals surface area contributed by atoms with Crippen LogP contribution in [0.5, 0.6) is 11.5 Å². The van der Waals surface area contributed by atoms with Crippen molar-refractivity contribution in [3.63, 3.8) is 0 Å². The van der Waals surface area contributed by atoms with Gasteiger partial charge in [0, 0.05) is 16.9 Å². The molecule has 0 saturated carbocycles. The van der Waals surface area contributed by atoms with Gasteiger partial charge in [-0.1, -0.05) is 29.8 Å². The second kappa shape index (κ2) is 9.68. The first-order valence-corrected chi connectivity index (χ1v) is 10.5. The van der Waals surface area contributed by atoms with Crippen molar-refractivity contribution < 1.29 is 23.9 Å². The van der Waals surface area contributed by atoms with E-state index < -0.39 is 11.8 Å². The first kappa shape index (κ1) is 22.9. The number of carbonyl (C=O) groups is 3. The summed E-state index contributed by atoms with van der Waals surface area (Å²) in [6, 6.07) is 20.0. The summed E-state index contributed by atoms with van der Waals surface area (Å²) in [5.74, 6) is -0.627. The van der Waals surface area contributed by atoms with Crippen LogP contribution in [0.3, 0.4) is 0 Å². The topological polar surface area (TPSA) is 97.0 Å². The number of hydrogen-bond donors (Lipinski definition) is 2. The molecule has 3 aromatic rings. The lowest BCUT2D eigenvalue weighted by Gasteiger charge is -2.18. The van der Waals surface area contributed by atoms with E-state index in [-0.39, 0.29) is 22.3 Å². The molecule has 1 aliphatic heterocycles. The molecular formula is C25H20ClN3O5. The van der Waals surface area contributed by atoms with Crippen LogP contribution in [-0.2, 0) is 9.59 Å². The standard InChI is InChI=1S/C25H20ClN3O5/c1-33-18-12-10-16(11-13-18)28-23(30)15-6-5-7-17(14-15)27-22-21(26)24(31)29(25(22)32)19-8-3-4-9-20(19)34-2/h3-14,27H,1-2H3,(H,28,30). The normalized spacial score (nSPS) is 13.2. The molecule has 0 radical (unpaired) electrons. The molecule has 0 aromatic heterocycles. The maximum Gasteiger partial charge on any atom is 0.283 e. The Balaban J connectivity index is 1.53. The lowest BCUT2D eigenvalue weighted by Crippen LogP contribution is -2.32. The van der Waals surface area contributed by atoms with Crippen molar-refractivity contribution in [2.24, 2.45) is 0 Å². The maximum atomic E-state index is 13.1. The Labute approximate surface area is 200 Å². The molecule has 4 rings (SSSR count). The Bertz CT molecular complexity index is 1300. The second-order valence-corrected chi connectivity index (χ2v) is 7.57. The molecule has 3 aromatic carbocycles. The molecular weight excluding hydrogens is 458 g/mol. The smallest absolute Gasteiger partial charge is 0.283 e. The average molecular weight is 478 g/mol. The molecule has 172 valence electrons. The van der Waals surface area contributed by atoms with Gasteiger partial charge in [0.1, 0.15) is 22.2 Å². The summed E-state index contributed by atoms with van der Waals surface area (Å²) >= 11 is 6.22. The highest BCUT2D eigenvalue weighted by Gasteiger charge is 2.40. The largest absolute Gasteiger partial charge is 0.497 e. The summed E-state index contributed by atoms with van der Waals surface area (Å²) in [7, 11) is 3.01. The molecule has 8 nitrogen and oxygen atoms in total. The van der Waals surface area contributed by atoms with Crippen molar-refractivity contribution in [1.29, 1.82) is 0 Å². The second-order valence-electron chi connectivity index (χ2n) is 7.19. The maximum absolute atomic E-state index is 13.1. The number of ether oxygens (including phenoxy) is 2. The van der Waals surface area contributed by atoms with E-state index in [4.69, 9.17) is 21.1 Å². The summed E-state index contributed by atoms with van der Waals surface area (Å²) in [4.78, 5) is 39.5. The van der Waals surface area contributed by atoms with Crippen molar-refractivity contribution >= 4 is 46.4 Å². The molecule has 1 aliphatic rings. The Morgan fingerprint density at radius 3 is 2.29 bits per heavy atom. The molecule has 0 spiro atoms. The van der Waals surface area contributed by atoms with Gasteiger partial charge in [0.05, 0.1) is 19.9 Å². The van der Waals surface area contributed by atoms with Crippen LogP contribution in [0.2, 0.25) is 0 Å². The summed E-state index contributed by atoms with van der Waals surface area (Å²) < 4.78 is 10.4. The predicted octanol–water partition coefficient (Wildman–Crippen LogP) is 4.39. The van der Waals surface area contributed by atoms with Gasteiger partial charge in [0.2, 0.25) is 0 Å². The molecule has 3 amide bonds. The van der Waals surface area contributed by atoms with Crippen LogP contribution in [0, 0.1) is 0 Å². The van der Waals surface area contributed by atoms with Crippen LogP contribution in [-0.4, -0.2) is 31.9 Å². The zero-order valence-electron chi connectivity index (χ0n) is 18.3. The zero-order chi connectivity index (χ0) is 24.2. The molecule has 0 atom stereocenters. The van der Waals surface area contributed by atoms with Gasteiger partial charge in [0.25, 0.3) is 17.7 Å². The summed E-state index contributed by atoms with van der Waals surface area (Å²) in [6.45, 7) is 0.